The molecule has 1 N–H and O–H groups in total. The van der Waals surface area contributed by atoms with Crippen molar-refractivity contribution >= 4 is 29.2 Å². The van der Waals surface area contributed by atoms with Gasteiger partial charge in [-0.25, -0.2) is 0 Å². The van der Waals surface area contributed by atoms with Crippen molar-refractivity contribution in [3.63, 3.8) is 0 Å². The molecule has 1 unspecified atom stereocenters. The second-order valence-electron chi connectivity index (χ2n) is 6.94. The van der Waals surface area contributed by atoms with Gasteiger partial charge in [0.2, 0.25) is 0 Å². The highest BCUT2D eigenvalue weighted by Gasteiger charge is 2.29. The number of nitrogens with one attached hydrogen (secondary N) is 1. The SMILES string of the molecule is COc1cc(OCCN2CCc3sccc3C2c2ccc(Cl)cc2)ccc1C=N. The number of hydrogen-bond donors (Lipinski definition) is 1. The first kappa shape index (κ1) is 20.0. The van der Waals surface area contributed by atoms with Crippen LogP contribution >= 0.6 is 22.9 Å². The van der Waals surface area contributed by atoms with Gasteiger partial charge < -0.3 is 14.9 Å². The topological polar surface area (TPSA) is 45.6 Å². The van der Waals surface area contributed by atoms with Gasteiger partial charge in [-0.3, -0.25) is 4.90 Å². The number of halogens is 1. The van der Waals surface area contributed by atoms with Crippen molar-refractivity contribution in [3.8, 4) is 11.5 Å². The number of fused-ring (bicyclic) bond motifs is 1. The minimum atomic E-state index is 0.223. The predicted octanol–water partition coefficient (Wildman–Crippen LogP) is 5.43. The van der Waals surface area contributed by atoms with Gasteiger partial charge in [0.1, 0.15) is 18.1 Å². The van der Waals surface area contributed by atoms with Crippen LogP contribution in [0.3, 0.4) is 0 Å². The molecular weight excluding hydrogens is 404 g/mol. The zero-order valence-corrected chi connectivity index (χ0v) is 17.8. The molecule has 0 amide bonds. The number of hydrogen-bond acceptors (Lipinski definition) is 5. The Hall–Kier alpha value is -2.34. The van der Waals surface area contributed by atoms with Crippen LogP contribution in [0.25, 0.3) is 0 Å². The first-order chi connectivity index (χ1) is 14.2. The van der Waals surface area contributed by atoms with E-state index < -0.39 is 0 Å². The second kappa shape index (κ2) is 8.99. The van der Waals surface area contributed by atoms with E-state index in [2.05, 4.69) is 28.5 Å². The quantitative estimate of drug-likeness (QED) is 0.512. The fourth-order valence-electron chi connectivity index (χ4n) is 3.83. The molecule has 0 saturated carbocycles. The summed E-state index contributed by atoms with van der Waals surface area (Å²) in [5.74, 6) is 1.40. The number of benzene rings is 2. The molecule has 1 aliphatic rings. The van der Waals surface area contributed by atoms with Crippen molar-refractivity contribution in [2.75, 3.05) is 26.8 Å². The molecule has 3 aromatic rings. The van der Waals surface area contributed by atoms with Crippen LogP contribution < -0.4 is 9.47 Å². The molecule has 150 valence electrons. The van der Waals surface area contributed by atoms with E-state index in [1.54, 1.807) is 7.11 Å². The van der Waals surface area contributed by atoms with Crippen LogP contribution in [0.5, 0.6) is 11.5 Å². The molecule has 0 bridgehead atoms. The normalized spacial score (nSPS) is 16.3. The van der Waals surface area contributed by atoms with Crippen molar-refractivity contribution < 1.29 is 9.47 Å². The minimum Gasteiger partial charge on any atom is -0.496 e. The van der Waals surface area contributed by atoms with Crippen molar-refractivity contribution in [2.45, 2.75) is 12.5 Å². The van der Waals surface area contributed by atoms with Crippen LogP contribution in [-0.2, 0) is 6.42 Å². The molecule has 1 atom stereocenters. The lowest BCUT2D eigenvalue weighted by Gasteiger charge is -2.36. The Morgan fingerprint density at radius 3 is 2.79 bits per heavy atom. The predicted molar refractivity (Wildman–Crippen MR) is 119 cm³/mol. The average molecular weight is 427 g/mol. The van der Waals surface area contributed by atoms with Crippen LogP contribution in [0, 0.1) is 5.41 Å². The van der Waals surface area contributed by atoms with Crippen molar-refractivity contribution in [1.82, 2.24) is 4.90 Å². The molecule has 0 radical (unpaired) electrons. The van der Waals surface area contributed by atoms with Crippen LogP contribution in [0.1, 0.15) is 27.6 Å². The van der Waals surface area contributed by atoms with Crippen LogP contribution in [0.4, 0.5) is 0 Å². The lowest BCUT2D eigenvalue weighted by Crippen LogP contribution is -2.38. The van der Waals surface area contributed by atoms with Gasteiger partial charge in [0.05, 0.1) is 13.2 Å². The van der Waals surface area contributed by atoms with E-state index in [0.717, 1.165) is 35.8 Å². The summed E-state index contributed by atoms with van der Waals surface area (Å²) in [6.45, 7) is 2.40. The molecule has 29 heavy (non-hydrogen) atoms. The molecule has 4 rings (SSSR count). The van der Waals surface area contributed by atoms with Gasteiger partial charge in [0.15, 0.2) is 0 Å². The third-order valence-corrected chi connectivity index (χ3v) is 6.51. The van der Waals surface area contributed by atoms with Crippen LogP contribution in [0.2, 0.25) is 5.02 Å². The van der Waals surface area contributed by atoms with Crippen molar-refractivity contribution in [3.05, 3.63) is 80.5 Å². The van der Waals surface area contributed by atoms with E-state index >= 15 is 0 Å². The van der Waals surface area contributed by atoms with E-state index in [0.29, 0.717) is 12.4 Å². The summed E-state index contributed by atoms with van der Waals surface area (Å²) in [5, 5.41) is 10.4. The molecule has 0 aliphatic carbocycles. The largest absolute Gasteiger partial charge is 0.496 e. The summed E-state index contributed by atoms with van der Waals surface area (Å²) >= 11 is 7.95. The monoisotopic (exact) mass is 426 g/mol. The number of rotatable bonds is 7. The molecule has 0 fully saturated rings. The molecule has 1 aliphatic heterocycles. The zero-order chi connectivity index (χ0) is 20.2. The molecule has 6 heteroatoms. The third-order valence-electron chi connectivity index (χ3n) is 5.26. The lowest BCUT2D eigenvalue weighted by atomic mass is 9.93. The molecule has 2 aromatic carbocycles. The molecule has 0 saturated heterocycles. The van der Waals surface area contributed by atoms with Gasteiger partial charge in [-0.2, -0.15) is 0 Å². The highest BCUT2D eigenvalue weighted by molar-refractivity contribution is 7.10. The summed E-state index contributed by atoms with van der Waals surface area (Å²) < 4.78 is 11.3. The smallest absolute Gasteiger partial charge is 0.131 e. The highest BCUT2D eigenvalue weighted by Crippen LogP contribution is 2.37. The Kier molecular flexibility index (Phi) is 6.19. The molecule has 2 heterocycles. The Morgan fingerprint density at radius 1 is 1.21 bits per heavy atom. The molecule has 0 spiro atoms. The summed E-state index contributed by atoms with van der Waals surface area (Å²) in [4.78, 5) is 3.94. The standard InChI is InChI=1S/C23H23ClN2O2S/c1-27-21-14-19(7-4-17(21)15-25)28-12-11-26-10-8-22-20(9-13-29-22)23(26)16-2-5-18(24)6-3-16/h2-7,9,13-15,23,25H,8,10-12H2,1H3. The van der Waals surface area contributed by atoms with Gasteiger partial charge in [-0.15, -0.1) is 11.3 Å². The minimum absolute atomic E-state index is 0.223. The third kappa shape index (κ3) is 4.32. The van der Waals surface area contributed by atoms with Gasteiger partial charge in [0, 0.05) is 40.8 Å². The van der Waals surface area contributed by atoms with E-state index in [1.165, 1.54) is 22.2 Å². The van der Waals surface area contributed by atoms with Crippen LogP contribution in [0.15, 0.2) is 53.9 Å². The maximum absolute atomic E-state index is 7.43. The number of nitrogens with zero attached hydrogens (tertiary/aromatic N) is 1. The van der Waals surface area contributed by atoms with E-state index in [1.807, 2.05) is 41.7 Å². The fraction of sp³-hybridized carbons (Fsp3) is 0.261. The van der Waals surface area contributed by atoms with Gasteiger partial charge in [-0.1, -0.05) is 23.7 Å². The Bertz CT molecular complexity index is 987. The summed E-state index contributed by atoms with van der Waals surface area (Å²) in [5.41, 5.74) is 3.38. The highest BCUT2D eigenvalue weighted by atomic mass is 35.5. The van der Waals surface area contributed by atoms with E-state index in [-0.39, 0.29) is 6.04 Å². The van der Waals surface area contributed by atoms with Crippen LogP contribution in [-0.4, -0.2) is 37.9 Å². The average Bonchev–Trinajstić information content (AvgIpc) is 3.23. The fourth-order valence-corrected chi connectivity index (χ4v) is 4.86. The van der Waals surface area contributed by atoms with Crippen molar-refractivity contribution in [2.24, 2.45) is 0 Å². The second-order valence-corrected chi connectivity index (χ2v) is 8.37. The summed E-state index contributed by atoms with van der Waals surface area (Å²) in [7, 11) is 1.61. The lowest BCUT2D eigenvalue weighted by molar-refractivity contribution is 0.171. The van der Waals surface area contributed by atoms with E-state index in [9.17, 15) is 0 Å². The zero-order valence-electron chi connectivity index (χ0n) is 16.2. The Morgan fingerprint density at radius 2 is 2.03 bits per heavy atom. The first-order valence-electron chi connectivity index (χ1n) is 9.56. The van der Waals surface area contributed by atoms with Crippen molar-refractivity contribution in [1.29, 1.82) is 5.41 Å². The maximum Gasteiger partial charge on any atom is 0.131 e. The molecule has 1 aromatic heterocycles. The number of thiophene rings is 1. The summed E-state index contributed by atoms with van der Waals surface area (Å²) in [6.07, 6.45) is 2.35. The maximum atomic E-state index is 7.43. The van der Waals surface area contributed by atoms with Gasteiger partial charge in [0.25, 0.3) is 0 Å². The number of ether oxygens (including phenoxy) is 2. The van der Waals surface area contributed by atoms with Gasteiger partial charge >= 0.3 is 0 Å². The first-order valence-corrected chi connectivity index (χ1v) is 10.8. The van der Waals surface area contributed by atoms with Gasteiger partial charge in [-0.05, 0) is 53.3 Å². The molecular formula is C23H23ClN2O2S. The number of methoxy groups -OCH3 is 1. The van der Waals surface area contributed by atoms with E-state index in [4.69, 9.17) is 26.5 Å². The summed E-state index contributed by atoms with van der Waals surface area (Å²) in [6, 6.07) is 16.2. The molecule has 4 nitrogen and oxygen atoms in total. The Balaban J connectivity index is 1.49. The Labute approximate surface area is 180 Å².